The van der Waals surface area contributed by atoms with Gasteiger partial charge in [0.1, 0.15) is 6.04 Å². The largest absolute Gasteiger partial charge is 0.467 e. The molecule has 3 aromatic rings. The summed E-state index contributed by atoms with van der Waals surface area (Å²) in [6, 6.07) is 16.4. The molecule has 0 bridgehead atoms. The Morgan fingerprint density at radius 1 is 1.03 bits per heavy atom. The van der Waals surface area contributed by atoms with Gasteiger partial charge in [-0.05, 0) is 30.9 Å². The molecular formula is C24H27FN2O3. The van der Waals surface area contributed by atoms with Gasteiger partial charge < -0.3 is 14.6 Å². The highest BCUT2D eigenvalue weighted by molar-refractivity contribution is 6.08. The Morgan fingerprint density at radius 3 is 2.50 bits per heavy atom. The van der Waals surface area contributed by atoms with Crippen molar-refractivity contribution in [3.63, 3.8) is 0 Å². The monoisotopic (exact) mass is 410 g/mol. The predicted octanol–water partition coefficient (Wildman–Crippen LogP) is 4.30. The standard InChI is InChI=1S/C24H27FN2O3/c1-30-24(29)21(16-18-10-4-2-5-11-18)26-23(28)20-17-27(15-9-3-8-14-25)22-13-7-6-12-19(20)22/h2,4-7,10-13,17,21H,3,8-9,14-16H2,1H3,(H,26,28)/t21-/m1/s1. The van der Waals surface area contributed by atoms with Crippen LogP contribution in [0.4, 0.5) is 4.39 Å². The van der Waals surface area contributed by atoms with Gasteiger partial charge in [-0.1, -0.05) is 48.5 Å². The van der Waals surface area contributed by atoms with Crippen LogP contribution in [0.25, 0.3) is 10.9 Å². The van der Waals surface area contributed by atoms with Crippen molar-refractivity contribution in [2.24, 2.45) is 0 Å². The molecule has 0 aliphatic carbocycles. The van der Waals surface area contributed by atoms with Crippen molar-refractivity contribution in [3.8, 4) is 0 Å². The predicted molar refractivity (Wildman–Crippen MR) is 115 cm³/mol. The number of unbranched alkanes of at least 4 members (excludes halogenated alkanes) is 2. The van der Waals surface area contributed by atoms with E-state index in [0.29, 0.717) is 24.9 Å². The van der Waals surface area contributed by atoms with E-state index in [2.05, 4.69) is 5.32 Å². The molecular weight excluding hydrogens is 383 g/mol. The van der Waals surface area contributed by atoms with E-state index < -0.39 is 12.0 Å². The summed E-state index contributed by atoms with van der Waals surface area (Å²) in [7, 11) is 1.32. The molecule has 30 heavy (non-hydrogen) atoms. The van der Waals surface area contributed by atoms with Crippen molar-refractivity contribution >= 4 is 22.8 Å². The average molecular weight is 410 g/mol. The molecule has 0 saturated heterocycles. The number of nitrogens with one attached hydrogen (secondary N) is 1. The molecule has 1 heterocycles. The molecule has 5 nitrogen and oxygen atoms in total. The van der Waals surface area contributed by atoms with E-state index in [1.165, 1.54) is 7.11 Å². The van der Waals surface area contributed by atoms with Crippen molar-refractivity contribution in [1.29, 1.82) is 0 Å². The molecule has 158 valence electrons. The number of nitrogens with zero attached hydrogens (tertiary/aromatic N) is 1. The first kappa shape index (κ1) is 21.6. The van der Waals surface area contributed by atoms with Crippen molar-refractivity contribution in [3.05, 3.63) is 71.9 Å². The molecule has 0 spiro atoms. The maximum absolute atomic E-state index is 13.1. The number of rotatable bonds is 10. The Morgan fingerprint density at radius 2 is 1.77 bits per heavy atom. The van der Waals surface area contributed by atoms with Crippen molar-refractivity contribution in [2.45, 2.75) is 38.3 Å². The number of carbonyl (C=O) groups is 2. The number of hydrogen-bond acceptors (Lipinski definition) is 3. The summed E-state index contributed by atoms with van der Waals surface area (Å²) in [6.45, 7) is 0.397. The highest BCUT2D eigenvalue weighted by Gasteiger charge is 2.24. The van der Waals surface area contributed by atoms with Gasteiger partial charge >= 0.3 is 5.97 Å². The minimum Gasteiger partial charge on any atom is -0.467 e. The number of fused-ring (bicyclic) bond motifs is 1. The Balaban J connectivity index is 1.81. The lowest BCUT2D eigenvalue weighted by Crippen LogP contribution is -2.43. The third kappa shape index (κ3) is 5.26. The third-order valence-electron chi connectivity index (χ3n) is 5.14. The van der Waals surface area contributed by atoms with Gasteiger partial charge in [0.2, 0.25) is 0 Å². The number of alkyl halides is 1. The van der Waals surface area contributed by atoms with E-state index >= 15 is 0 Å². The minimum absolute atomic E-state index is 0.309. The molecule has 3 rings (SSSR count). The summed E-state index contributed by atoms with van der Waals surface area (Å²) in [5.41, 5.74) is 2.39. The van der Waals surface area contributed by atoms with Crippen LogP contribution >= 0.6 is 0 Å². The highest BCUT2D eigenvalue weighted by Crippen LogP contribution is 2.22. The van der Waals surface area contributed by atoms with Gasteiger partial charge in [-0.25, -0.2) is 4.79 Å². The number of benzene rings is 2. The molecule has 0 aliphatic heterocycles. The fourth-order valence-electron chi connectivity index (χ4n) is 3.59. The van der Waals surface area contributed by atoms with Gasteiger partial charge in [-0.3, -0.25) is 9.18 Å². The summed E-state index contributed by atoms with van der Waals surface area (Å²) in [5, 5.41) is 3.66. The normalized spacial score (nSPS) is 11.9. The number of amides is 1. The lowest BCUT2D eigenvalue weighted by molar-refractivity contribution is -0.142. The molecule has 1 amide bonds. The number of para-hydroxylation sites is 1. The topological polar surface area (TPSA) is 60.3 Å². The van der Waals surface area contributed by atoms with Crippen LogP contribution in [-0.2, 0) is 22.5 Å². The second kappa shape index (κ2) is 10.6. The summed E-state index contributed by atoms with van der Waals surface area (Å²) >= 11 is 0. The van der Waals surface area contributed by atoms with Crippen molar-refractivity contribution < 1.29 is 18.7 Å². The van der Waals surface area contributed by atoms with Gasteiger partial charge in [0.25, 0.3) is 5.91 Å². The third-order valence-corrected chi connectivity index (χ3v) is 5.14. The van der Waals surface area contributed by atoms with E-state index in [0.717, 1.165) is 29.3 Å². The first-order chi connectivity index (χ1) is 14.6. The Kier molecular flexibility index (Phi) is 7.60. The zero-order valence-electron chi connectivity index (χ0n) is 17.1. The molecule has 1 aromatic heterocycles. The molecule has 0 fully saturated rings. The molecule has 6 heteroatoms. The molecule has 0 radical (unpaired) electrons. The summed E-state index contributed by atoms with van der Waals surface area (Å²) in [6.07, 6.45) is 4.34. The number of aromatic nitrogens is 1. The van der Waals surface area contributed by atoms with E-state index in [-0.39, 0.29) is 12.6 Å². The second-order valence-electron chi connectivity index (χ2n) is 7.24. The Bertz CT molecular complexity index is 985. The van der Waals surface area contributed by atoms with Crippen molar-refractivity contribution in [2.75, 3.05) is 13.8 Å². The van der Waals surface area contributed by atoms with Crippen LogP contribution in [0.2, 0.25) is 0 Å². The smallest absolute Gasteiger partial charge is 0.328 e. The van der Waals surface area contributed by atoms with E-state index in [4.69, 9.17) is 4.74 Å². The zero-order chi connectivity index (χ0) is 21.3. The van der Waals surface area contributed by atoms with Gasteiger partial charge in [0.15, 0.2) is 0 Å². The number of carbonyl (C=O) groups excluding carboxylic acids is 2. The van der Waals surface area contributed by atoms with E-state index in [9.17, 15) is 14.0 Å². The summed E-state index contributed by atoms with van der Waals surface area (Å²) in [4.78, 5) is 25.4. The maximum Gasteiger partial charge on any atom is 0.328 e. The number of methoxy groups -OCH3 is 1. The minimum atomic E-state index is -0.781. The number of aryl methyl sites for hydroxylation is 1. The Hall–Kier alpha value is -3.15. The Labute approximate surface area is 175 Å². The number of esters is 1. The molecule has 2 aromatic carbocycles. The van der Waals surface area contributed by atoms with Crippen LogP contribution in [0.15, 0.2) is 60.8 Å². The molecule has 1 N–H and O–H groups in total. The lowest BCUT2D eigenvalue weighted by Gasteiger charge is -2.16. The highest BCUT2D eigenvalue weighted by atomic mass is 19.1. The quantitative estimate of drug-likeness (QED) is 0.401. The van der Waals surface area contributed by atoms with Crippen LogP contribution in [0.3, 0.4) is 0 Å². The van der Waals surface area contributed by atoms with Crippen LogP contribution in [0.5, 0.6) is 0 Å². The zero-order valence-corrected chi connectivity index (χ0v) is 17.1. The SMILES string of the molecule is COC(=O)[C@@H](Cc1ccccc1)NC(=O)c1cn(CCCCCF)c2ccccc12. The summed E-state index contributed by atoms with van der Waals surface area (Å²) < 4.78 is 19.3. The van der Waals surface area contributed by atoms with Crippen LogP contribution in [0, 0.1) is 0 Å². The average Bonchev–Trinajstić information content (AvgIpc) is 3.15. The fraction of sp³-hybridized carbons (Fsp3) is 0.333. The lowest BCUT2D eigenvalue weighted by atomic mass is 10.1. The van der Waals surface area contributed by atoms with Crippen molar-refractivity contribution in [1.82, 2.24) is 9.88 Å². The number of halogens is 1. The van der Waals surface area contributed by atoms with E-state index in [1.54, 1.807) is 0 Å². The maximum atomic E-state index is 13.1. The summed E-state index contributed by atoms with van der Waals surface area (Å²) in [5.74, 6) is -0.804. The van der Waals surface area contributed by atoms with E-state index in [1.807, 2.05) is 65.4 Å². The number of hydrogen-bond donors (Lipinski definition) is 1. The van der Waals surface area contributed by atoms with Crippen LogP contribution < -0.4 is 5.32 Å². The fourth-order valence-corrected chi connectivity index (χ4v) is 3.59. The number of ether oxygens (including phenoxy) is 1. The molecule has 0 aliphatic rings. The van der Waals surface area contributed by atoms with Gasteiger partial charge in [-0.15, -0.1) is 0 Å². The molecule has 0 unspecified atom stereocenters. The van der Waals surface area contributed by atoms with Gasteiger partial charge in [0.05, 0.1) is 19.3 Å². The van der Waals surface area contributed by atoms with Crippen LogP contribution in [0.1, 0.15) is 35.2 Å². The van der Waals surface area contributed by atoms with Gasteiger partial charge in [-0.2, -0.15) is 0 Å². The second-order valence-corrected chi connectivity index (χ2v) is 7.24. The first-order valence-corrected chi connectivity index (χ1v) is 10.2. The van der Waals surface area contributed by atoms with Crippen LogP contribution in [-0.4, -0.2) is 36.3 Å². The first-order valence-electron chi connectivity index (χ1n) is 10.2. The van der Waals surface area contributed by atoms with Gasteiger partial charge in [0, 0.05) is 30.1 Å². The molecule has 0 saturated carbocycles. The molecule has 1 atom stereocenters.